The molecule has 1 unspecified atom stereocenters. The highest BCUT2D eigenvalue weighted by Crippen LogP contribution is 2.08. The first kappa shape index (κ1) is 16.2. The summed E-state index contributed by atoms with van der Waals surface area (Å²) in [5.74, 6) is 0.0835. The van der Waals surface area contributed by atoms with E-state index in [1.54, 1.807) is 12.1 Å². The van der Waals surface area contributed by atoms with Crippen LogP contribution in [0.25, 0.3) is 0 Å². The van der Waals surface area contributed by atoms with Gasteiger partial charge >= 0.3 is 0 Å². The molecule has 0 aliphatic heterocycles. The van der Waals surface area contributed by atoms with Crippen molar-refractivity contribution < 1.29 is 9.59 Å². The lowest BCUT2D eigenvalue weighted by molar-refractivity contribution is -0.123. The fourth-order valence-corrected chi connectivity index (χ4v) is 1.63. The van der Waals surface area contributed by atoms with Crippen LogP contribution in [0.2, 0.25) is 0 Å². The second kappa shape index (κ2) is 8.32. The van der Waals surface area contributed by atoms with Crippen LogP contribution in [0.4, 0.5) is 0 Å². The normalized spacial score (nSPS) is 12.0. The van der Waals surface area contributed by atoms with Crippen LogP contribution < -0.4 is 16.4 Å². The zero-order valence-electron chi connectivity index (χ0n) is 12.1. The summed E-state index contributed by atoms with van der Waals surface area (Å²) in [7, 11) is 0. The molecular weight excluding hydrogens is 254 g/mol. The fourth-order valence-electron chi connectivity index (χ4n) is 1.63. The second-order valence-electron chi connectivity index (χ2n) is 5.13. The monoisotopic (exact) mass is 277 g/mol. The van der Waals surface area contributed by atoms with Gasteiger partial charge in [0.15, 0.2) is 0 Å². The van der Waals surface area contributed by atoms with E-state index < -0.39 is 6.04 Å². The van der Waals surface area contributed by atoms with Gasteiger partial charge in [0.25, 0.3) is 0 Å². The number of amides is 2. The highest BCUT2D eigenvalue weighted by atomic mass is 16.2. The van der Waals surface area contributed by atoms with Gasteiger partial charge in [0.05, 0.1) is 0 Å². The lowest BCUT2D eigenvalue weighted by Crippen LogP contribution is -2.37. The number of carbonyl (C=O) groups is 2. The van der Waals surface area contributed by atoms with E-state index in [9.17, 15) is 9.59 Å². The van der Waals surface area contributed by atoms with Crippen molar-refractivity contribution in [1.82, 2.24) is 10.6 Å². The Bertz CT molecular complexity index is 432. The molecule has 0 aromatic heterocycles. The Labute approximate surface area is 119 Å². The van der Waals surface area contributed by atoms with E-state index in [-0.39, 0.29) is 18.2 Å². The average molecular weight is 277 g/mol. The number of carbonyl (C=O) groups excluding carboxylic acids is 2. The molecule has 5 heteroatoms. The smallest absolute Gasteiger partial charge is 0.241 e. The number of hydrogen-bond acceptors (Lipinski definition) is 3. The van der Waals surface area contributed by atoms with Crippen LogP contribution in [0, 0.1) is 5.92 Å². The molecule has 4 N–H and O–H groups in total. The van der Waals surface area contributed by atoms with Gasteiger partial charge in [0, 0.05) is 19.5 Å². The Morgan fingerprint density at radius 3 is 2.40 bits per heavy atom. The van der Waals surface area contributed by atoms with Crippen molar-refractivity contribution in [2.45, 2.75) is 26.3 Å². The van der Waals surface area contributed by atoms with E-state index in [1.165, 1.54) is 0 Å². The number of nitrogens with one attached hydrogen (secondary N) is 2. The topological polar surface area (TPSA) is 84.2 Å². The van der Waals surface area contributed by atoms with Crippen LogP contribution >= 0.6 is 0 Å². The molecule has 5 nitrogen and oxygen atoms in total. The number of hydrogen-bond donors (Lipinski definition) is 3. The zero-order valence-corrected chi connectivity index (χ0v) is 12.1. The second-order valence-corrected chi connectivity index (χ2v) is 5.13. The SMILES string of the molecule is CC(C)CNC(=O)CCNC(=O)C(N)c1ccccc1. The standard InChI is InChI=1S/C15H23N3O2/c1-11(2)10-18-13(19)8-9-17-15(20)14(16)12-6-4-3-5-7-12/h3-7,11,14H,8-10,16H2,1-2H3,(H,17,20)(H,18,19). The molecule has 0 fully saturated rings. The maximum absolute atomic E-state index is 11.8. The number of nitrogens with two attached hydrogens (primary N) is 1. The van der Waals surface area contributed by atoms with Gasteiger partial charge in [-0.1, -0.05) is 44.2 Å². The Hall–Kier alpha value is -1.88. The minimum absolute atomic E-state index is 0.0627. The maximum atomic E-state index is 11.8. The molecule has 0 heterocycles. The Morgan fingerprint density at radius 1 is 1.15 bits per heavy atom. The van der Waals surface area contributed by atoms with Crippen molar-refractivity contribution in [1.29, 1.82) is 0 Å². The average Bonchev–Trinajstić information content (AvgIpc) is 2.45. The molecule has 2 amide bonds. The summed E-state index contributed by atoms with van der Waals surface area (Å²) in [5, 5.41) is 5.47. The van der Waals surface area contributed by atoms with Crippen LogP contribution in [0.3, 0.4) is 0 Å². The lowest BCUT2D eigenvalue weighted by atomic mass is 10.1. The van der Waals surface area contributed by atoms with E-state index in [0.717, 1.165) is 5.56 Å². The molecule has 0 aliphatic carbocycles. The van der Waals surface area contributed by atoms with E-state index in [0.29, 0.717) is 19.0 Å². The minimum Gasteiger partial charge on any atom is -0.356 e. The Balaban J connectivity index is 2.28. The van der Waals surface area contributed by atoms with Gasteiger partial charge in [0.1, 0.15) is 6.04 Å². The molecule has 1 aromatic rings. The summed E-state index contributed by atoms with van der Waals surface area (Å²) in [6.45, 7) is 5.00. The predicted octanol–water partition coefficient (Wildman–Crippen LogP) is 0.965. The summed E-state index contributed by atoms with van der Waals surface area (Å²) in [5.41, 5.74) is 6.60. The lowest BCUT2D eigenvalue weighted by Gasteiger charge is -2.12. The van der Waals surface area contributed by atoms with Crippen molar-refractivity contribution in [3.8, 4) is 0 Å². The number of benzene rings is 1. The van der Waals surface area contributed by atoms with Gasteiger partial charge in [-0.15, -0.1) is 0 Å². The first-order chi connectivity index (χ1) is 9.50. The van der Waals surface area contributed by atoms with Crippen LogP contribution in [0.1, 0.15) is 31.9 Å². The third kappa shape index (κ3) is 5.84. The van der Waals surface area contributed by atoms with Gasteiger partial charge in [-0.3, -0.25) is 9.59 Å². The Kier molecular flexibility index (Phi) is 6.73. The summed E-state index contributed by atoms with van der Waals surface area (Å²) in [6.07, 6.45) is 0.264. The first-order valence-electron chi connectivity index (χ1n) is 6.85. The zero-order chi connectivity index (χ0) is 15.0. The van der Waals surface area contributed by atoms with Crippen molar-refractivity contribution >= 4 is 11.8 Å². The quantitative estimate of drug-likeness (QED) is 0.694. The Morgan fingerprint density at radius 2 is 1.80 bits per heavy atom. The molecule has 0 saturated heterocycles. The van der Waals surface area contributed by atoms with E-state index in [4.69, 9.17) is 5.73 Å². The van der Waals surface area contributed by atoms with E-state index in [2.05, 4.69) is 10.6 Å². The summed E-state index contributed by atoms with van der Waals surface area (Å²) < 4.78 is 0. The van der Waals surface area contributed by atoms with Gasteiger partial charge < -0.3 is 16.4 Å². The first-order valence-corrected chi connectivity index (χ1v) is 6.85. The summed E-state index contributed by atoms with van der Waals surface area (Å²) in [4.78, 5) is 23.3. The molecule has 110 valence electrons. The van der Waals surface area contributed by atoms with Crippen LogP contribution in [0.15, 0.2) is 30.3 Å². The van der Waals surface area contributed by atoms with Crippen molar-refractivity contribution in [3.05, 3.63) is 35.9 Å². The van der Waals surface area contributed by atoms with E-state index >= 15 is 0 Å². The maximum Gasteiger partial charge on any atom is 0.241 e. The largest absolute Gasteiger partial charge is 0.356 e. The highest BCUT2D eigenvalue weighted by molar-refractivity contribution is 5.83. The molecule has 0 saturated carbocycles. The van der Waals surface area contributed by atoms with Crippen molar-refractivity contribution in [2.24, 2.45) is 11.7 Å². The molecule has 20 heavy (non-hydrogen) atoms. The number of rotatable bonds is 7. The molecular formula is C15H23N3O2. The van der Waals surface area contributed by atoms with Crippen LogP contribution in [-0.4, -0.2) is 24.9 Å². The van der Waals surface area contributed by atoms with Gasteiger partial charge in [-0.25, -0.2) is 0 Å². The third-order valence-corrected chi connectivity index (χ3v) is 2.80. The molecule has 1 rings (SSSR count). The van der Waals surface area contributed by atoms with Crippen molar-refractivity contribution in [3.63, 3.8) is 0 Å². The predicted molar refractivity (Wildman–Crippen MR) is 78.8 cm³/mol. The van der Waals surface area contributed by atoms with Crippen LogP contribution in [0.5, 0.6) is 0 Å². The summed E-state index contributed by atoms with van der Waals surface area (Å²) in [6, 6.07) is 8.45. The minimum atomic E-state index is -0.699. The molecule has 1 atom stereocenters. The third-order valence-electron chi connectivity index (χ3n) is 2.80. The van der Waals surface area contributed by atoms with Gasteiger partial charge in [0.2, 0.25) is 11.8 Å². The van der Waals surface area contributed by atoms with Crippen LogP contribution in [-0.2, 0) is 9.59 Å². The van der Waals surface area contributed by atoms with E-state index in [1.807, 2.05) is 32.0 Å². The fraction of sp³-hybridized carbons (Fsp3) is 0.467. The molecule has 1 aromatic carbocycles. The highest BCUT2D eigenvalue weighted by Gasteiger charge is 2.15. The molecule has 0 spiro atoms. The molecule has 0 radical (unpaired) electrons. The van der Waals surface area contributed by atoms with Gasteiger partial charge in [-0.05, 0) is 11.5 Å². The molecule has 0 bridgehead atoms. The van der Waals surface area contributed by atoms with Crippen molar-refractivity contribution in [2.75, 3.05) is 13.1 Å². The van der Waals surface area contributed by atoms with Gasteiger partial charge in [-0.2, -0.15) is 0 Å². The summed E-state index contributed by atoms with van der Waals surface area (Å²) >= 11 is 0. The molecule has 0 aliphatic rings.